The molecule has 0 unspecified atom stereocenters. The Morgan fingerprint density at radius 1 is 1.30 bits per heavy atom. The lowest BCUT2D eigenvalue weighted by Crippen LogP contribution is -2.29. The van der Waals surface area contributed by atoms with Crippen molar-refractivity contribution in [2.75, 3.05) is 11.4 Å². The summed E-state index contributed by atoms with van der Waals surface area (Å²) in [6.45, 7) is 0.463. The Bertz CT molecular complexity index is 759. The van der Waals surface area contributed by atoms with Crippen molar-refractivity contribution in [3.05, 3.63) is 51.7 Å². The van der Waals surface area contributed by atoms with E-state index in [0.29, 0.717) is 18.7 Å². The summed E-state index contributed by atoms with van der Waals surface area (Å²) in [5.41, 5.74) is 1.45. The van der Waals surface area contributed by atoms with E-state index in [2.05, 4.69) is 9.97 Å². The SMILES string of the molecule is O=C(O)c1ccc2c(c1)CCN2C(=O)c1c[nH]c(=O)[nH]1. The Hall–Kier alpha value is -2.83. The van der Waals surface area contributed by atoms with Gasteiger partial charge in [-0.1, -0.05) is 0 Å². The lowest BCUT2D eigenvalue weighted by molar-refractivity contribution is 0.0696. The highest BCUT2D eigenvalue weighted by molar-refractivity contribution is 6.06. The first-order valence-corrected chi connectivity index (χ1v) is 6.02. The first kappa shape index (κ1) is 12.2. The molecule has 2 heterocycles. The minimum Gasteiger partial charge on any atom is -0.478 e. The van der Waals surface area contributed by atoms with Crippen molar-refractivity contribution < 1.29 is 14.7 Å². The lowest BCUT2D eigenvalue weighted by atomic mass is 10.1. The summed E-state index contributed by atoms with van der Waals surface area (Å²) in [5.74, 6) is -1.31. The molecule has 0 radical (unpaired) electrons. The van der Waals surface area contributed by atoms with Crippen LogP contribution in [0.2, 0.25) is 0 Å². The summed E-state index contributed by atoms with van der Waals surface area (Å²) in [6.07, 6.45) is 1.92. The fourth-order valence-electron chi connectivity index (χ4n) is 2.34. The largest absolute Gasteiger partial charge is 0.478 e. The summed E-state index contributed by atoms with van der Waals surface area (Å²) in [7, 11) is 0. The van der Waals surface area contributed by atoms with Crippen molar-refractivity contribution in [1.29, 1.82) is 0 Å². The summed E-state index contributed by atoms with van der Waals surface area (Å²) in [6, 6.07) is 4.66. The van der Waals surface area contributed by atoms with E-state index in [4.69, 9.17) is 5.11 Å². The number of hydrogen-bond donors (Lipinski definition) is 3. The molecule has 0 saturated carbocycles. The van der Waals surface area contributed by atoms with Gasteiger partial charge in [0, 0.05) is 18.4 Å². The highest BCUT2D eigenvalue weighted by Crippen LogP contribution is 2.29. The molecule has 0 atom stereocenters. The van der Waals surface area contributed by atoms with Crippen molar-refractivity contribution in [3.8, 4) is 0 Å². The normalized spacial score (nSPS) is 13.3. The maximum absolute atomic E-state index is 12.3. The van der Waals surface area contributed by atoms with Crippen LogP contribution in [0.4, 0.5) is 5.69 Å². The molecule has 0 spiro atoms. The summed E-state index contributed by atoms with van der Waals surface area (Å²) < 4.78 is 0. The molecule has 3 rings (SSSR count). The molecule has 1 aliphatic heterocycles. The number of H-pyrrole nitrogens is 2. The lowest BCUT2D eigenvalue weighted by Gasteiger charge is -2.16. The number of carbonyl (C=O) groups excluding carboxylic acids is 1. The van der Waals surface area contributed by atoms with E-state index < -0.39 is 11.7 Å². The minimum absolute atomic E-state index is 0.185. The van der Waals surface area contributed by atoms with Crippen molar-refractivity contribution in [2.45, 2.75) is 6.42 Å². The number of benzene rings is 1. The average Bonchev–Trinajstić information content (AvgIpc) is 3.03. The zero-order valence-corrected chi connectivity index (χ0v) is 10.3. The molecule has 20 heavy (non-hydrogen) atoms. The molecular weight excluding hydrogens is 262 g/mol. The fourth-order valence-corrected chi connectivity index (χ4v) is 2.34. The number of nitrogens with one attached hydrogen (secondary N) is 2. The van der Waals surface area contributed by atoms with Crippen LogP contribution in [-0.2, 0) is 6.42 Å². The number of amides is 1. The van der Waals surface area contributed by atoms with Crippen LogP contribution in [-0.4, -0.2) is 33.5 Å². The van der Waals surface area contributed by atoms with E-state index in [9.17, 15) is 14.4 Å². The Balaban J connectivity index is 1.95. The molecule has 102 valence electrons. The molecule has 7 heteroatoms. The number of fused-ring (bicyclic) bond motifs is 1. The third-order valence-electron chi connectivity index (χ3n) is 3.29. The minimum atomic E-state index is -0.993. The summed E-state index contributed by atoms with van der Waals surface area (Å²) in [5, 5.41) is 8.95. The molecule has 1 aromatic heterocycles. The van der Waals surface area contributed by atoms with Crippen LogP contribution >= 0.6 is 0 Å². The summed E-state index contributed by atoms with van der Waals surface area (Å²) >= 11 is 0. The van der Waals surface area contributed by atoms with Crippen molar-refractivity contribution in [3.63, 3.8) is 0 Å². The zero-order chi connectivity index (χ0) is 14.3. The number of aromatic carboxylic acids is 1. The fraction of sp³-hybridized carbons (Fsp3) is 0.154. The number of aromatic nitrogens is 2. The van der Waals surface area contributed by atoms with Crippen molar-refractivity contribution in [1.82, 2.24) is 9.97 Å². The van der Waals surface area contributed by atoms with Crippen LogP contribution in [0.5, 0.6) is 0 Å². The van der Waals surface area contributed by atoms with Crippen LogP contribution in [0, 0.1) is 0 Å². The number of hydrogen-bond acceptors (Lipinski definition) is 3. The van der Waals surface area contributed by atoms with Gasteiger partial charge in [-0.05, 0) is 30.2 Å². The van der Waals surface area contributed by atoms with Gasteiger partial charge in [0.1, 0.15) is 5.69 Å². The molecule has 0 bridgehead atoms. The molecule has 0 fully saturated rings. The molecule has 0 saturated heterocycles. The average molecular weight is 273 g/mol. The number of carboxylic acid groups (broad SMARTS) is 1. The first-order chi connectivity index (χ1) is 9.56. The van der Waals surface area contributed by atoms with Crippen LogP contribution in [0.3, 0.4) is 0 Å². The Morgan fingerprint density at radius 3 is 2.75 bits per heavy atom. The maximum Gasteiger partial charge on any atom is 0.335 e. The molecule has 1 amide bonds. The predicted molar refractivity (Wildman–Crippen MR) is 70.2 cm³/mol. The molecule has 7 nitrogen and oxygen atoms in total. The Kier molecular flexibility index (Phi) is 2.67. The van der Waals surface area contributed by atoms with Gasteiger partial charge in [-0.3, -0.25) is 4.79 Å². The zero-order valence-electron chi connectivity index (χ0n) is 10.3. The van der Waals surface area contributed by atoms with E-state index >= 15 is 0 Å². The highest BCUT2D eigenvalue weighted by Gasteiger charge is 2.27. The van der Waals surface area contributed by atoms with Gasteiger partial charge < -0.3 is 20.0 Å². The molecule has 0 aliphatic carbocycles. The molecule has 1 aliphatic rings. The standard InChI is InChI=1S/C13H11N3O4/c17-11(9-6-14-13(20)15-9)16-4-3-7-5-8(12(18)19)1-2-10(7)16/h1-2,5-6H,3-4H2,(H,18,19)(H2,14,15,20). The van der Waals surface area contributed by atoms with E-state index in [1.165, 1.54) is 17.2 Å². The highest BCUT2D eigenvalue weighted by atomic mass is 16.4. The first-order valence-electron chi connectivity index (χ1n) is 6.02. The van der Waals surface area contributed by atoms with Gasteiger partial charge in [-0.25, -0.2) is 9.59 Å². The topological polar surface area (TPSA) is 106 Å². The number of imidazole rings is 1. The van der Waals surface area contributed by atoms with Gasteiger partial charge in [0.15, 0.2) is 0 Å². The second-order valence-electron chi connectivity index (χ2n) is 4.51. The number of nitrogens with zero attached hydrogens (tertiary/aromatic N) is 1. The number of carbonyl (C=O) groups is 2. The third kappa shape index (κ3) is 1.89. The van der Waals surface area contributed by atoms with Crippen molar-refractivity contribution >= 4 is 17.6 Å². The predicted octanol–water partition coefficient (Wildman–Crippen LogP) is 0.604. The van der Waals surface area contributed by atoms with Gasteiger partial charge in [0.25, 0.3) is 5.91 Å². The second-order valence-corrected chi connectivity index (χ2v) is 4.51. The van der Waals surface area contributed by atoms with Gasteiger partial charge in [0.05, 0.1) is 5.56 Å². The smallest absolute Gasteiger partial charge is 0.335 e. The molecular formula is C13H11N3O4. The van der Waals surface area contributed by atoms with Crippen LogP contribution in [0.25, 0.3) is 0 Å². The van der Waals surface area contributed by atoms with Gasteiger partial charge >= 0.3 is 11.7 Å². The van der Waals surface area contributed by atoms with Gasteiger partial charge in [0.2, 0.25) is 0 Å². The third-order valence-corrected chi connectivity index (χ3v) is 3.29. The van der Waals surface area contributed by atoms with Gasteiger partial charge in [-0.15, -0.1) is 0 Å². The van der Waals surface area contributed by atoms with E-state index in [1.807, 2.05) is 0 Å². The second kappa shape index (κ2) is 4.37. The maximum atomic E-state index is 12.3. The number of rotatable bonds is 2. The number of aromatic amines is 2. The van der Waals surface area contributed by atoms with Crippen LogP contribution in [0.15, 0.2) is 29.2 Å². The number of anilines is 1. The van der Waals surface area contributed by atoms with Gasteiger partial charge in [-0.2, -0.15) is 0 Å². The Morgan fingerprint density at radius 2 is 2.10 bits per heavy atom. The van der Waals surface area contributed by atoms with E-state index in [-0.39, 0.29) is 17.2 Å². The number of carboxylic acids is 1. The van der Waals surface area contributed by atoms with Crippen LogP contribution in [0.1, 0.15) is 26.4 Å². The molecule has 2 aromatic rings. The monoisotopic (exact) mass is 273 g/mol. The molecule has 1 aromatic carbocycles. The Labute approximate surface area is 112 Å². The summed E-state index contributed by atoms with van der Waals surface area (Å²) in [4.78, 5) is 40.5. The van der Waals surface area contributed by atoms with E-state index in [0.717, 1.165) is 5.56 Å². The quantitative estimate of drug-likeness (QED) is 0.745. The van der Waals surface area contributed by atoms with Crippen molar-refractivity contribution in [2.24, 2.45) is 0 Å². The molecule has 3 N–H and O–H groups in total. The van der Waals surface area contributed by atoms with E-state index in [1.54, 1.807) is 12.1 Å². The van der Waals surface area contributed by atoms with Crippen LogP contribution < -0.4 is 10.6 Å².